The van der Waals surface area contributed by atoms with Crippen LogP contribution in [-0.2, 0) is 29.1 Å². The Hall–Kier alpha value is -2.64. The van der Waals surface area contributed by atoms with Crippen molar-refractivity contribution in [2.75, 3.05) is 0 Å². The summed E-state index contributed by atoms with van der Waals surface area (Å²) in [5.41, 5.74) is 0.784. The van der Waals surface area contributed by atoms with Crippen molar-refractivity contribution in [3.05, 3.63) is 36.4 Å². The maximum atomic E-state index is 12.4. The molecular formula is C15H22N6O2. The summed E-state index contributed by atoms with van der Waals surface area (Å²) in [6.07, 6.45) is 8.13. The van der Waals surface area contributed by atoms with Gasteiger partial charge in [-0.1, -0.05) is 6.92 Å². The summed E-state index contributed by atoms with van der Waals surface area (Å²) in [5, 5.41) is 5.49. The van der Waals surface area contributed by atoms with Gasteiger partial charge in [-0.15, -0.1) is 0 Å². The van der Waals surface area contributed by atoms with Crippen molar-refractivity contribution < 1.29 is 9.59 Å². The predicted molar refractivity (Wildman–Crippen MR) is 84.3 cm³/mol. The summed E-state index contributed by atoms with van der Waals surface area (Å²) in [6.45, 7) is 4.65. The first-order valence-corrected chi connectivity index (χ1v) is 7.62. The monoisotopic (exact) mass is 318 g/mol. The van der Waals surface area contributed by atoms with Crippen LogP contribution in [0.5, 0.6) is 0 Å². The van der Waals surface area contributed by atoms with Gasteiger partial charge in [0.15, 0.2) is 0 Å². The number of carbonyl (C=O) groups is 2. The summed E-state index contributed by atoms with van der Waals surface area (Å²) in [7, 11) is 0. The van der Waals surface area contributed by atoms with Gasteiger partial charge in [0.05, 0.1) is 12.9 Å². The zero-order chi connectivity index (χ0) is 16.7. The van der Waals surface area contributed by atoms with Crippen molar-refractivity contribution in [1.29, 1.82) is 0 Å². The molecule has 2 aromatic rings. The van der Waals surface area contributed by atoms with Gasteiger partial charge >= 0.3 is 0 Å². The number of aromatic nitrogens is 4. The molecule has 0 aliphatic rings. The van der Waals surface area contributed by atoms with E-state index in [-0.39, 0.29) is 11.8 Å². The maximum Gasteiger partial charge on any atom is 0.243 e. The van der Waals surface area contributed by atoms with E-state index in [4.69, 9.17) is 0 Å². The number of H-pyrrole nitrogens is 1. The molecule has 0 radical (unpaired) electrons. The number of hydrogen-bond donors (Lipinski definition) is 3. The van der Waals surface area contributed by atoms with Gasteiger partial charge in [0, 0.05) is 44.2 Å². The average Bonchev–Trinajstić information content (AvgIpc) is 3.16. The Balaban J connectivity index is 1.96. The van der Waals surface area contributed by atoms with Crippen LogP contribution in [0, 0.1) is 0 Å². The van der Waals surface area contributed by atoms with Crippen LogP contribution in [-0.4, -0.2) is 37.4 Å². The lowest BCUT2D eigenvalue weighted by Gasteiger charge is -2.17. The van der Waals surface area contributed by atoms with E-state index in [2.05, 4.69) is 32.5 Å². The number of nitrogens with one attached hydrogen (secondary N) is 3. The number of nitrogens with zero attached hydrogens (tertiary/aromatic N) is 3. The summed E-state index contributed by atoms with van der Waals surface area (Å²) >= 11 is 0. The molecule has 2 heterocycles. The Bertz CT molecular complexity index is 634. The zero-order valence-electron chi connectivity index (χ0n) is 13.4. The van der Waals surface area contributed by atoms with Crippen LogP contribution >= 0.6 is 0 Å². The minimum absolute atomic E-state index is 0.249. The lowest BCUT2D eigenvalue weighted by Crippen LogP contribution is -2.47. The van der Waals surface area contributed by atoms with Gasteiger partial charge < -0.3 is 20.2 Å². The quantitative estimate of drug-likeness (QED) is 0.654. The van der Waals surface area contributed by atoms with E-state index in [1.165, 1.54) is 6.92 Å². The summed E-state index contributed by atoms with van der Waals surface area (Å²) in [5.74, 6) is 0.293. The first kappa shape index (κ1) is 16.7. The van der Waals surface area contributed by atoms with Crippen molar-refractivity contribution >= 4 is 11.8 Å². The molecule has 0 spiro atoms. The molecule has 0 bridgehead atoms. The van der Waals surface area contributed by atoms with Gasteiger partial charge in [-0.25, -0.2) is 9.97 Å². The third-order valence-electron chi connectivity index (χ3n) is 3.36. The molecule has 3 N–H and O–H groups in total. The fourth-order valence-corrected chi connectivity index (χ4v) is 2.31. The molecule has 0 aliphatic carbocycles. The SMILES string of the molecule is CCCn1ccnc1CNC(=O)[C@H](Cc1cnc[nH]1)NC(C)=O. The zero-order valence-corrected chi connectivity index (χ0v) is 13.4. The van der Waals surface area contributed by atoms with E-state index in [0.717, 1.165) is 24.5 Å². The van der Waals surface area contributed by atoms with Gasteiger partial charge in [-0.2, -0.15) is 0 Å². The summed E-state index contributed by atoms with van der Waals surface area (Å²) in [4.78, 5) is 34.8. The highest BCUT2D eigenvalue weighted by atomic mass is 16.2. The Morgan fingerprint density at radius 1 is 1.43 bits per heavy atom. The van der Waals surface area contributed by atoms with E-state index < -0.39 is 6.04 Å². The van der Waals surface area contributed by atoms with Crippen LogP contribution in [0.25, 0.3) is 0 Å². The molecule has 0 saturated heterocycles. The maximum absolute atomic E-state index is 12.4. The average molecular weight is 318 g/mol. The Kier molecular flexibility index (Phi) is 5.90. The fourth-order valence-electron chi connectivity index (χ4n) is 2.31. The number of aryl methyl sites for hydroxylation is 1. The first-order valence-electron chi connectivity index (χ1n) is 7.62. The second kappa shape index (κ2) is 8.11. The number of amides is 2. The Labute approximate surface area is 134 Å². The molecule has 0 unspecified atom stereocenters. The molecule has 0 saturated carbocycles. The first-order chi connectivity index (χ1) is 11.1. The molecule has 1 atom stereocenters. The lowest BCUT2D eigenvalue weighted by atomic mass is 10.1. The predicted octanol–water partition coefficient (Wildman–Crippen LogP) is 0.380. The van der Waals surface area contributed by atoms with E-state index in [1.807, 2.05) is 10.8 Å². The number of rotatable bonds is 8. The van der Waals surface area contributed by atoms with Crippen LogP contribution in [0.4, 0.5) is 0 Å². The highest BCUT2D eigenvalue weighted by Gasteiger charge is 2.20. The number of hydrogen-bond acceptors (Lipinski definition) is 4. The minimum atomic E-state index is -0.650. The van der Waals surface area contributed by atoms with Crippen molar-refractivity contribution in [3.8, 4) is 0 Å². The Morgan fingerprint density at radius 3 is 2.91 bits per heavy atom. The van der Waals surface area contributed by atoms with Crippen molar-refractivity contribution in [2.24, 2.45) is 0 Å². The summed E-state index contributed by atoms with van der Waals surface area (Å²) in [6, 6.07) is -0.650. The smallest absolute Gasteiger partial charge is 0.243 e. The lowest BCUT2D eigenvalue weighted by molar-refractivity contribution is -0.128. The van der Waals surface area contributed by atoms with Crippen LogP contribution in [0.3, 0.4) is 0 Å². The molecule has 124 valence electrons. The van der Waals surface area contributed by atoms with Crippen molar-refractivity contribution in [2.45, 2.75) is 45.8 Å². The van der Waals surface area contributed by atoms with Gasteiger partial charge in [0.1, 0.15) is 11.9 Å². The molecule has 0 fully saturated rings. The van der Waals surface area contributed by atoms with E-state index in [0.29, 0.717) is 13.0 Å². The standard InChI is InChI=1S/C15H22N6O2/c1-3-5-21-6-4-17-14(21)9-18-15(23)13(20-11(2)22)7-12-8-16-10-19-12/h4,6,8,10,13H,3,5,7,9H2,1-2H3,(H,16,19)(H,18,23)(H,20,22)/t13-/m0/s1. The molecule has 0 aliphatic heterocycles. The number of aromatic amines is 1. The van der Waals surface area contributed by atoms with Crippen molar-refractivity contribution in [3.63, 3.8) is 0 Å². The van der Waals surface area contributed by atoms with Crippen LogP contribution < -0.4 is 10.6 Å². The van der Waals surface area contributed by atoms with Gasteiger partial charge in [-0.3, -0.25) is 9.59 Å². The second-order valence-corrected chi connectivity index (χ2v) is 5.29. The number of carbonyl (C=O) groups excluding carboxylic acids is 2. The van der Waals surface area contributed by atoms with E-state index >= 15 is 0 Å². The summed E-state index contributed by atoms with van der Waals surface area (Å²) < 4.78 is 2.00. The molecule has 8 nitrogen and oxygen atoms in total. The largest absolute Gasteiger partial charge is 0.348 e. The third kappa shape index (κ3) is 4.94. The second-order valence-electron chi connectivity index (χ2n) is 5.29. The van der Waals surface area contributed by atoms with Crippen LogP contribution in [0.2, 0.25) is 0 Å². The normalized spacial score (nSPS) is 11.9. The highest BCUT2D eigenvalue weighted by molar-refractivity contribution is 5.86. The molecule has 2 rings (SSSR count). The van der Waals surface area contributed by atoms with E-state index in [1.54, 1.807) is 18.7 Å². The van der Waals surface area contributed by atoms with Crippen molar-refractivity contribution in [1.82, 2.24) is 30.2 Å². The topological polar surface area (TPSA) is 105 Å². The number of imidazole rings is 2. The minimum Gasteiger partial charge on any atom is -0.348 e. The third-order valence-corrected chi connectivity index (χ3v) is 3.36. The molecule has 2 amide bonds. The molecular weight excluding hydrogens is 296 g/mol. The molecule has 23 heavy (non-hydrogen) atoms. The van der Waals surface area contributed by atoms with Gasteiger partial charge in [0.25, 0.3) is 0 Å². The molecule has 2 aromatic heterocycles. The van der Waals surface area contributed by atoms with E-state index in [9.17, 15) is 9.59 Å². The van der Waals surface area contributed by atoms with Gasteiger partial charge in [-0.05, 0) is 6.42 Å². The highest BCUT2D eigenvalue weighted by Crippen LogP contribution is 2.02. The fraction of sp³-hybridized carbons (Fsp3) is 0.467. The molecule has 0 aromatic carbocycles. The van der Waals surface area contributed by atoms with Crippen LogP contribution in [0.15, 0.2) is 24.9 Å². The Morgan fingerprint density at radius 2 is 2.26 bits per heavy atom. The van der Waals surface area contributed by atoms with Crippen LogP contribution in [0.1, 0.15) is 31.8 Å². The van der Waals surface area contributed by atoms with Gasteiger partial charge in [0.2, 0.25) is 11.8 Å². The molecule has 8 heteroatoms.